The molecule has 5 heteroatoms. The predicted octanol–water partition coefficient (Wildman–Crippen LogP) is 4.52. The van der Waals surface area contributed by atoms with E-state index < -0.39 is 31.0 Å². The Balaban J connectivity index is 1.83. The van der Waals surface area contributed by atoms with Gasteiger partial charge in [-0.3, -0.25) is 0 Å². The predicted molar refractivity (Wildman–Crippen MR) is 118 cm³/mol. The molecule has 1 saturated heterocycles. The first-order chi connectivity index (χ1) is 14.2. The third-order valence-corrected chi connectivity index (χ3v) is 5.72. The van der Waals surface area contributed by atoms with Gasteiger partial charge in [0, 0.05) is 6.61 Å². The summed E-state index contributed by atoms with van der Waals surface area (Å²) in [5.41, 5.74) is 0. The monoisotopic (exact) mass is 414 g/mol. The molecule has 0 spiro atoms. The van der Waals surface area contributed by atoms with Crippen molar-refractivity contribution in [3.63, 3.8) is 0 Å². The van der Waals surface area contributed by atoms with Crippen molar-refractivity contribution in [3.8, 4) is 0 Å². The minimum Gasteiger partial charge on any atom is -0.394 e. The Morgan fingerprint density at radius 2 is 1.45 bits per heavy atom. The molecule has 0 bridgehead atoms. The van der Waals surface area contributed by atoms with Gasteiger partial charge in [0.2, 0.25) is 0 Å². The van der Waals surface area contributed by atoms with Crippen molar-refractivity contribution in [2.45, 2.75) is 121 Å². The molecule has 29 heavy (non-hydrogen) atoms. The van der Waals surface area contributed by atoms with Crippen LogP contribution in [0.5, 0.6) is 0 Å². The van der Waals surface area contributed by atoms with Gasteiger partial charge in [-0.15, -0.1) is 0 Å². The van der Waals surface area contributed by atoms with Crippen LogP contribution < -0.4 is 0 Å². The van der Waals surface area contributed by atoms with Gasteiger partial charge in [-0.2, -0.15) is 0 Å². The Hall–Kier alpha value is -0.460. The van der Waals surface area contributed by atoms with Gasteiger partial charge in [-0.05, 0) is 32.1 Å². The number of rotatable bonds is 19. The van der Waals surface area contributed by atoms with Gasteiger partial charge in [0.05, 0.1) is 13.2 Å². The Kier molecular flexibility index (Phi) is 16.8. The lowest BCUT2D eigenvalue weighted by Crippen LogP contribution is -2.41. The van der Waals surface area contributed by atoms with Gasteiger partial charge < -0.3 is 24.8 Å². The van der Waals surface area contributed by atoms with Crippen LogP contribution in [-0.2, 0) is 9.47 Å². The van der Waals surface area contributed by atoms with Gasteiger partial charge in [0.25, 0.3) is 0 Å². The standard InChI is InChI=1S/C24H46O5/c1-2-3-4-5-6-7-8-9-10-11-12-13-14-15-16-17-18-28-22-20-29-24(23(22)27)21(26)19-25/h9-10,21-27H,2-8,11-20H2,1H3/b10-9+/t21-,22+,23-,24-/m1/s1. The number of allylic oxidation sites excluding steroid dienone is 2. The summed E-state index contributed by atoms with van der Waals surface area (Å²) in [4.78, 5) is 0. The minimum absolute atomic E-state index is 0.273. The van der Waals surface area contributed by atoms with Crippen molar-refractivity contribution < 1.29 is 24.8 Å². The molecule has 3 N–H and O–H groups in total. The molecular formula is C24H46O5. The molecule has 172 valence electrons. The van der Waals surface area contributed by atoms with E-state index in [1.54, 1.807) is 0 Å². The molecule has 1 fully saturated rings. The molecule has 0 unspecified atom stereocenters. The quantitative estimate of drug-likeness (QED) is 0.214. The van der Waals surface area contributed by atoms with Crippen LogP contribution in [0, 0.1) is 0 Å². The average Bonchev–Trinajstić information content (AvgIpc) is 3.10. The van der Waals surface area contributed by atoms with Crippen molar-refractivity contribution in [2.75, 3.05) is 19.8 Å². The first kappa shape index (κ1) is 26.6. The summed E-state index contributed by atoms with van der Waals surface area (Å²) >= 11 is 0. The zero-order valence-corrected chi connectivity index (χ0v) is 18.6. The van der Waals surface area contributed by atoms with Crippen molar-refractivity contribution in [1.29, 1.82) is 0 Å². The molecule has 1 aliphatic rings. The average molecular weight is 415 g/mol. The van der Waals surface area contributed by atoms with Gasteiger partial charge in [0.1, 0.15) is 24.4 Å². The van der Waals surface area contributed by atoms with Gasteiger partial charge in [-0.1, -0.05) is 76.9 Å². The van der Waals surface area contributed by atoms with E-state index in [-0.39, 0.29) is 6.61 Å². The summed E-state index contributed by atoms with van der Waals surface area (Å²) in [6, 6.07) is 0. The second kappa shape index (κ2) is 18.3. The van der Waals surface area contributed by atoms with E-state index in [9.17, 15) is 10.2 Å². The highest BCUT2D eigenvalue weighted by atomic mass is 16.6. The first-order valence-corrected chi connectivity index (χ1v) is 12.1. The topological polar surface area (TPSA) is 79.2 Å². The van der Waals surface area contributed by atoms with Crippen molar-refractivity contribution >= 4 is 0 Å². The van der Waals surface area contributed by atoms with Crippen LogP contribution in [0.2, 0.25) is 0 Å². The Labute approximate surface area is 178 Å². The molecule has 0 aliphatic carbocycles. The maximum atomic E-state index is 10.1. The second-order valence-electron chi connectivity index (χ2n) is 8.39. The molecule has 4 atom stereocenters. The Bertz CT molecular complexity index is 387. The SMILES string of the molecule is CCCCCCCC/C=C/CCCCCCCCO[C@H]1CO[C@H]([C@H](O)CO)[C@@H]1O. The van der Waals surface area contributed by atoms with Crippen LogP contribution in [0.25, 0.3) is 0 Å². The third kappa shape index (κ3) is 12.7. The fourth-order valence-corrected chi connectivity index (χ4v) is 3.79. The lowest BCUT2D eigenvalue weighted by atomic mass is 10.1. The number of hydrogen-bond acceptors (Lipinski definition) is 5. The van der Waals surface area contributed by atoms with Gasteiger partial charge in [0.15, 0.2) is 0 Å². The van der Waals surface area contributed by atoms with Crippen LogP contribution >= 0.6 is 0 Å². The Morgan fingerprint density at radius 1 is 0.897 bits per heavy atom. The first-order valence-electron chi connectivity index (χ1n) is 12.1. The van der Waals surface area contributed by atoms with Crippen LogP contribution in [0.15, 0.2) is 12.2 Å². The maximum Gasteiger partial charge on any atom is 0.114 e. The molecule has 0 amide bonds. The zero-order chi connectivity index (χ0) is 21.2. The van der Waals surface area contributed by atoms with Crippen molar-refractivity contribution in [2.24, 2.45) is 0 Å². The van der Waals surface area contributed by atoms with Gasteiger partial charge >= 0.3 is 0 Å². The number of aliphatic hydroxyl groups is 3. The molecular weight excluding hydrogens is 368 g/mol. The molecule has 1 heterocycles. The summed E-state index contributed by atoms with van der Waals surface area (Å²) in [5, 5.41) is 28.6. The molecule has 0 aromatic carbocycles. The summed E-state index contributed by atoms with van der Waals surface area (Å²) < 4.78 is 11.0. The zero-order valence-electron chi connectivity index (χ0n) is 18.6. The molecule has 5 nitrogen and oxygen atoms in total. The van der Waals surface area contributed by atoms with E-state index in [1.807, 2.05) is 0 Å². The van der Waals surface area contributed by atoms with E-state index >= 15 is 0 Å². The molecule has 1 aliphatic heterocycles. The highest BCUT2D eigenvalue weighted by Crippen LogP contribution is 2.20. The fraction of sp³-hybridized carbons (Fsp3) is 0.917. The fourth-order valence-electron chi connectivity index (χ4n) is 3.79. The normalized spacial score (nSPS) is 23.2. The van der Waals surface area contributed by atoms with Crippen LogP contribution in [0.4, 0.5) is 0 Å². The minimum atomic E-state index is -1.05. The molecule has 0 saturated carbocycles. The highest BCUT2D eigenvalue weighted by molar-refractivity contribution is 4.88. The summed E-state index contributed by atoms with van der Waals surface area (Å²) in [6.45, 7) is 2.73. The number of unbranched alkanes of at least 4 members (excludes halogenated alkanes) is 12. The van der Waals surface area contributed by atoms with Crippen molar-refractivity contribution in [3.05, 3.63) is 12.2 Å². The number of aliphatic hydroxyl groups excluding tert-OH is 3. The van der Waals surface area contributed by atoms with Gasteiger partial charge in [-0.25, -0.2) is 0 Å². The molecule has 0 aromatic heterocycles. The van der Waals surface area contributed by atoms with Crippen LogP contribution in [-0.4, -0.2) is 59.6 Å². The molecule has 0 radical (unpaired) electrons. The van der Waals surface area contributed by atoms with E-state index in [0.29, 0.717) is 6.61 Å². The maximum absolute atomic E-state index is 10.1. The van der Waals surface area contributed by atoms with E-state index in [1.165, 1.54) is 77.0 Å². The number of hydrogen-bond donors (Lipinski definition) is 3. The molecule has 0 aromatic rings. The summed E-state index contributed by atoms with van der Waals surface area (Å²) in [5.74, 6) is 0. The van der Waals surface area contributed by atoms with Crippen molar-refractivity contribution in [1.82, 2.24) is 0 Å². The summed E-state index contributed by atoms with van der Waals surface area (Å²) in [7, 11) is 0. The van der Waals surface area contributed by atoms with E-state index in [2.05, 4.69) is 19.1 Å². The number of ether oxygens (including phenoxy) is 2. The van der Waals surface area contributed by atoms with Crippen LogP contribution in [0.3, 0.4) is 0 Å². The largest absolute Gasteiger partial charge is 0.394 e. The van der Waals surface area contributed by atoms with E-state index in [0.717, 1.165) is 12.8 Å². The van der Waals surface area contributed by atoms with E-state index in [4.69, 9.17) is 14.6 Å². The third-order valence-electron chi connectivity index (χ3n) is 5.72. The van der Waals surface area contributed by atoms with Crippen LogP contribution in [0.1, 0.15) is 96.8 Å². The second-order valence-corrected chi connectivity index (χ2v) is 8.39. The lowest BCUT2D eigenvalue weighted by molar-refractivity contribution is -0.0730. The molecule has 1 rings (SSSR count). The highest BCUT2D eigenvalue weighted by Gasteiger charge is 2.40. The lowest BCUT2D eigenvalue weighted by Gasteiger charge is -2.20. The summed E-state index contributed by atoms with van der Waals surface area (Å²) in [6.07, 6.45) is 19.5. The smallest absolute Gasteiger partial charge is 0.114 e. The Morgan fingerprint density at radius 3 is 2.03 bits per heavy atom.